The van der Waals surface area contributed by atoms with Crippen LogP contribution in [0, 0.1) is 0 Å². The zero-order valence-electron chi connectivity index (χ0n) is 11.7. The van der Waals surface area contributed by atoms with Gasteiger partial charge < -0.3 is 9.64 Å². The third-order valence-corrected chi connectivity index (χ3v) is 5.41. The number of thiophene rings is 1. The molecule has 2 heterocycles. The Balaban J connectivity index is 1.83. The topological polar surface area (TPSA) is 29.5 Å². The van der Waals surface area contributed by atoms with Crippen molar-refractivity contribution in [3.8, 4) is 5.75 Å². The second kappa shape index (κ2) is 6.20. The van der Waals surface area contributed by atoms with Gasteiger partial charge in [0.15, 0.2) is 0 Å². The lowest BCUT2D eigenvalue weighted by atomic mass is 10.0. The maximum atomic E-state index is 12.7. The average molecular weight is 366 g/mol. The molecule has 0 aliphatic carbocycles. The quantitative estimate of drug-likeness (QED) is 0.801. The van der Waals surface area contributed by atoms with Crippen molar-refractivity contribution in [1.82, 2.24) is 4.90 Å². The number of hydrogen-bond donors (Lipinski definition) is 0. The van der Waals surface area contributed by atoms with E-state index in [0.717, 1.165) is 33.8 Å². The van der Waals surface area contributed by atoms with Gasteiger partial charge in [0.1, 0.15) is 5.75 Å². The summed E-state index contributed by atoms with van der Waals surface area (Å²) in [4.78, 5) is 15.4. The summed E-state index contributed by atoms with van der Waals surface area (Å²) >= 11 is 4.91. The molecule has 1 amide bonds. The van der Waals surface area contributed by atoms with Gasteiger partial charge in [-0.2, -0.15) is 0 Å². The molecule has 0 spiro atoms. The van der Waals surface area contributed by atoms with Gasteiger partial charge >= 0.3 is 0 Å². The van der Waals surface area contributed by atoms with Gasteiger partial charge in [0.25, 0.3) is 5.91 Å². The van der Waals surface area contributed by atoms with Gasteiger partial charge in [0.05, 0.1) is 21.8 Å². The number of rotatable bonds is 3. The Morgan fingerprint density at radius 1 is 1.29 bits per heavy atom. The number of amides is 1. The van der Waals surface area contributed by atoms with Crippen molar-refractivity contribution in [2.24, 2.45) is 0 Å². The van der Waals surface area contributed by atoms with Gasteiger partial charge in [-0.1, -0.05) is 12.1 Å². The summed E-state index contributed by atoms with van der Waals surface area (Å²) in [6.45, 7) is 0.824. The number of carbonyl (C=O) groups is 1. The minimum absolute atomic E-state index is 0.129. The van der Waals surface area contributed by atoms with Crippen LogP contribution in [-0.2, 0) is 0 Å². The molecule has 2 aromatic rings. The minimum Gasteiger partial charge on any atom is -0.497 e. The van der Waals surface area contributed by atoms with Gasteiger partial charge in [-0.3, -0.25) is 4.79 Å². The fraction of sp³-hybridized carbons (Fsp3) is 0.312. The third-order valence-electron chi connectivity index (χ3n) is 3.80. The van der Waals surface area contributed by atoms with Crippen molar-refractivity contribution in [2.45, 2.75) is 18.9 Å². The molecule has 0 radical (unpaired) electrons. The maximum Gasteiger partial charge on any atom is 0.264 e. The van der Waals surface area contributed by atoms with E-state index in [9.17, 15) is 4.79 Å². The van der Waals surface area contributed by atoms with Gasteiger partial charge in [0.2, 0.25) is 0 Å². The largest absolute Gasteiger partial charge is 0.497 e. The summed E-state index contributed by atoms with van der Waals surface area (Å²) in [5.74, 6) is 0.973. The lowest BCUT2D eigenvalue weighted by Crippen LogP contribution is -2.29. The first-order chi connectivity index (χ1) is 10.2. The Hall–Kier alpha value is -1.33. The van der Waals surface area contributed by atoms with Crippen LogP contribution >= 0.6 is 27.3 Å². The molecule has 1 aromatic carbocycles. The van der Waals surface area contributed by atoms with Crippen LogP contribution in [0.1, 0.15) is 34.1 Å². The molecule has 3 rings (SSSR count). The molecule has 1 fully saturated rings. The van der Waals surface area contributed by atoms with E-state index >= 15 is 0 Å². The lowest BCUT2D eigenvalue weighted by molar-refractivity contribution is 0.0740. The summed E-state index contributed by atoms with van der Waals surface area (Å²) in [5, 5.41) is 0. The number of methoxy groups -OCH3 is 1. The molecule has 1 saturated heterocycles. The normalized spacial score (nSPS) is 18.0. The van der Waals surface area contributed by atoms with Gasteiger partial charge in [-0.05, 0) is 58.6 Å². The van der Waals surface area contributed by atoms with Crippen LogP contribution in [0.25, 0.3) is 0 Å². The van der Waals surface area contributed by atoms with E-state index in [1.807, 2.05) is 29.2 Å². The van der Waals surface area contributed by atoms with E-state index in [1.54, 1.807) is 7.11 Å². The van der Waals surface area contributed by atoms with Crippen molar-refractivity contribution >= 4 is 33.2 Å². The summed E-state index contributed by atoms with van der Waals surface area (Å²) in [5.41, 5.74) is 1.18. The number of halogens is 1. The smallest absolute Gasteiger partial charge is 0.264 e. The maximum absolute atomic E-state index is 12.7. The standard InChI is InChI=1S/C16H16BrNO2S/c1-20-12-6-4-11(5-7-12)13-3-2-10-18(13)16(19)14-8-9-15(17)21-14/h4-9,13H,2-3,10H2,1H3. The Bertz CT molecular complexity index is 638. The highest BCUT2D eigenvalue weighted by molar-refractivity contribution is 9.11. The summed E-state index contributed by atoms with van der Waals surface area (Å²) in [7, 11) is 1.66. The minimum atomic E-state index is 0.129. The zero-order valence-corrected chi connectivity index (χ0v) is 14.1. The van der Waals surface area contributed by atoms with Gasteiger partial charge in [-0.15, -0.1) is 11.3 Å². The van der Waals surface area contributed by atoms with E-state index in [1.165, 1.54) is 16.9 Å². The molecule has 1 unspecified atom stereocenters. The number of nitrogens with zero attached hydrogens (tertiary/aromatic N) is 1. The predicted octanol–water partition coefficient (Wildman–Crippen LogP) is 4.50. The molecule has 5 heteroatoms. The van der Waals surface area contributed by atoms with E-state index < -0.39 is 0 Å². The van der Waals surface area contributed by atoms with Crippen LogP contribution in [0.5, 0.6) is 5.75 Å². The second-order valence-electron chi connectivity index (χ2n) is 5.03. The highest BCUT2D eigenvalue weighted by Gasteiger charge is 2.31. The van der Waals surface area contributed by atoms with Crippen molar-refractivity contribution in [3.63, 3.8) is 0 Å². The molecule has 110 valence electrons. The molecule has 3 nitrogen and oxygen atoms in total. The molecule has 0 bridgehead atoms. The molecular weight excluding hydrogens is 350 g/mol. The molecule has 1 aliphatic rings. The molecule has 1 aliphatic heterocycles. The number of carbonyl (C=O) groups excluding carboxylic acids is 1. The number of benzene rings is 1. The summed E-state index contributed by atoms with van der Waals surface area (Å²) < 4.78 is 6.19. The van der Waals surface area contributed by atoms with E-state index in [4.69, 9.17) is 4.74 Å². The fourth-order valence-electron chi connectivity index (χ4n) is 2.75. The average Bonchev–Trinajstić information content (AvgIpc) is 3.15. The van der Waals surface area contributed by atoms with E-state index in [2.05, 4.69) is 28.1 Å². The first kappa shape index (κ1) is 14.6. The van der Waals surface area contributed by atoms with E-state index in [-0.39, 0.29) is 11.9 Å². The number of likely N-dealkylation sites (tertiary alicyclic amines) is 1. The fourth-order valence-corrected chi connectivity index (χ4v) is 4.10. The molecule has 0 N–H and O–H groups in total. The Kier molecular flexibility index (Phi) is 4.31. The first-order valence-corrected chi connectivity index (χ1v) is 8.50. The van der Waals surface area contributed by atoms with Crippen LogP contribution < -0.4 is 4.74 Å². The first-order valence-electron chi connectivity index (χ1n) is 6.89. The van der Waals surface area contributed by atoms with Crippen LogP contribution in [0.15, 0.2) is 40.2 Å². The lowest BCUT2D eigenvalue weighted by Gasteiger charge is -2.24. The van der Waals surface area contributed by atoms with Crippen molar-refractivity contribution < 1.29 is 9.53 Å². The molecule has 1 aromatic heterocycles. The van der Waals surface area contributed by atoms with Crippen LogP contribution in [0.3, 0.4) is 0 Å². The monoisotopic (exact) mass is 365 g/mol. The Labute approximate surface area is 136 Å². The SMILES string of the molecule is COc1ccc(C2CCCN2C(=O)c2ccc(Br)s2)cc1. The Morgan fingerprint density at radius 2 is 2.05 bits per heavy atom. The van der Waals surface area contributed by atoms with Crippen LogP contribution in [-0.4, -0.2) is 24.5 Å². The van der Waals surface area contributed by atoms with Crippen LogP contribution in [0.2, 0.25) is 0 Å². The van der Waals surface area contributed by atoms with Gasteiger partial charge in [-0.25, -0.2) is 0 Å². The van der Waals surface area contributed by atoms with Crippen molar-refractivity contribution in [2.75, 3.05) is 13.7 Å². The molecule has 0 saturated carbocycles. The summed E-state index contributed by atoms with van der Waals surface area (Å²) in [6, 6.07) is 12.0. The van der Waals surface area contributed by atoms with Gasteiger partial charge in [0, 0.05) is 6.54 Å². The third kappa shape index (κ3) is 2.99. The predicted molar refractivity (Wildman–Crippen MR) is 88.0 cm³/mol. The second-order valence-corrected chi connectivity index (χ2v) is 7.50. The summed E-state index contributed by atoms with van der Waals surface area (Å²) in [6.07, 6.45) is 2.07. The Morgan fingerprint density at radius 3 is 2.67 bits per heavy atom. The van der Waals surface area contributed by atoms with E-state index in [0.29, 0.717) is 0 Å². The number of hydrogen-bond acceptors (Lipinski definition) is 3. The van der Waals surface area contributed by atoms with Crippen LogP contribution in [0.4, 0.5) is 0 Å². The number of ether oxygens (including phenoxy) is 1. The van der Waals surface area contributed by atoms with Crippen molar-refractivity contribution in [3.05, 3.63) is 50.6 Å². The highest BCUT2D eigenvalue weighted by atomic mass is 79.9. The highest BCUT2D eigenvalue weighted by Crippen LogP contribution is 2.35. The molecule has 21 heavy (non-hydrogen) atoms. The molecular formula is C16H16BrNO2S. The molecule has 1 atom stereocenters. The zero-order chi connectivity index (χ0) is 14.8. The van der Waals surface area contributed by atoms with Crippen molar-refractivity contribution in [1.29, 1.82) is 0 Å².